The summed E-state index contributed by atoms with van der Waals surface area (Å²) in [5, 5.41) is 15.3. The summed E-state index contributed by atoms with van der Waals surface area (Å²) in [5.74, 6) is 0.0246. The number of carbonyl (C=O) groups excluding carboxylic acids is 2. The van der Waals surface area contributed by atoms with E-state index in [-0.39, 0.29) is 30.3 Å². The SMILES string of the molecule is C#CC1(F)C(n2cnc3c(=O)[nH]c(N)nc32)O[C@H](COP(=O)(NCC(=O)OCC)NCC(=O)OCC)[C@@H]1O. The molecule has 3 heterocycles. The Morgan fingerprint density at radius 1 is 1.34 bits per heavy atom. The van der Waals surface area contributed by atoms with E-state index >= 15 is 4.39 Å². The summed E-state index contributed by atoms with van der Waals surface area (Å²) in [6.45, 7) is 1.39. The van der Waals surface area contributed by atoms with Crippen LogP contribution in [0.5, 0.6) is 0 Å². The molecule has 0 aromatic carbocycles. The van der Waals surface area contributed by atoms with Crippen LogP contribution in [0.25, 0.3) is 11.2 Å². The molecule has 0 radical (unpaired) electrons. The predicted octanol–water partition coefficient (Wildman–Crippen LogP) is -1.27. The molecule has 1 aliphatic heterocycles. The Balaban J connectivity index is 1.82. The fourth-order valence-corrected chi connectivity index (χ4v) is 4.84. The summed E-state index contributed by atoms with van der Waals surface area (Å²) in [6.07, 6.45) is 1.15. The number of aromatic nitrogens is 4. The van der Waals surface area contributed by atoms with Gasteiger partial charge in [0.15, 0.2) is 17.4 Å². The molecule has 0 saturated carbocycles. The van der Waals surface area contributed by atoms with Crippen molar-refractivity contribution in [2.24, 2.45) is 0 Å². The minimum Gasteiger partial charge on any atom is -0.465 e. The van der Waals surface area contributed by atoms with Gasteiger partial charge in [-0.1, -0.05) is 5.92 Å². The largest absolute Gasteiger partial charge is 0.465 e. The highest BCUT2D eigenvalue weighted by Gasteiger charge is 2.58. The average molecular weight is 559 g/mol. The number of fused-ring (bicyclic) bond motifs is 1. The Hall–Kier alpha value is -3.39. The first kappa shape index (κ1) is 29.2. The third-order valence-electron chi connectivity index (χ3n) is 5.26. The van der Waals surface area contributed by atoms with Crippen LogP contribution in [0, 0.1) is 12.3 Å². The van der Waals surface area contributed by atoms with Gasteiger partial charge in [0, 0.05) is 0 Å². The number of imidazole rings is 1. The number of hydrogen-bond acceptors (Lipinski definition) is 12. The summed E-state index contributed by atoms with van der Waals surface area (Å²) in [5.41, 5.74) is 1.65. The summed E-state index contributed by atoms with van der Waals surface area (Å²) in [6, 6.07) is 0. The van der Waals surface area contributed by atoms with Crippen LogP contribution in [0.2, 0.25) is 0 Å². The average Bonchev–Trinajstić information content (AvgIpc) is 3.40. The van der Waals surface area contributed by atoms with E-state index in [2.05, 4.69) is 25.1 Å². The molecule has 0 amide bonds. The van der Waals surface area contributed by atoms with Crippen molar-refractivity contribution < 1.29 is 42.4 Å². The summed E-state index contributed by atoms with van der Waals surface area (Å²) in [4.78, 5) is 45.6. The van der Waals surface area contributed by atoms with Crippen LogP contribution in [0.1, 0.15) is 20.1 Å². The minimum atomic E-state index is -4.20. The van der Waals surface area contributed by atoms with Crippen LogP contribution >= 0.6 is 7.67 Å². The molecule has 38 heavy (non-hydrogen) atoms. The number of nitrogens with zero attached hydrogens (tertiary/aromatic N) is 3. The number of terminal acetylenes is 1. The smallest absolute Gasteiger partial charge is 0.341 e. The molecule has 1 aliphatic rings. The molecule has 1 saturated heterocycles. The minimum absolute atomic E-state index is 0.0609. The first-order valence-corrected chi connectivity index (χ1v) is 12.9. The number of rotatable bonds is 12. The number of alkyl halides is 1. The molecule has 16 nitrogen and oxygen atoms in total. The normalized spacial score (nSPS) is 23.3. The highest BCUT2D eigenvalue weighted by Crippen LogP contribution is 2.44. The highest BCUT2D eigenvalue weighted by molar-refractivity contribution is 7.54. The van der Waals surface area contributed by atoms with Crippen molar-refractivity contribution in [3.63, 3.8) is 0 Å². The number of aromatic amines is 1. The number of H-pyrrole nitrogens is 1. The van der Waals surface area contributed by atoms with Crippen LogP contribution < -0.4 is 21.5 Å². The lowest BCUT2D eigenvalue weighted by atomic mass is 9.97. The van der Waals surface area contributed by atoms with Crippen molar-refractivity contribution >= 4 is 36.7 Å². The molecule has 0 spiro atoms. The van der Waals surface area contributed by atoms with Gasteiger partial charge < -0.3 is 29.6 Å². The molecular weight excluding hydrogens is 532 g/mol. The Kier molecular flexibility index (Phi) is 9.20. The zero-order valence-corrected chi connectivity index (χ0v) is 21.3. The number of anilines is 1. The van der Waals surface area contributed by atoms with E-state index in [4.69, 9.17) is 30.9 Å². The molecule has 208 valence electrons. The van der Waals surface area contributed by atoms with Crippen molar-refractivity contribution in [3.05, 3.63) is 16.7 Å². The molecule has 0 aliphatic carbocycles. The number of nitrogens with one attached hydrogen (secondary N) is 3. The van der Waals surface area contributed by atoms with Gasteiger partial charge in [0.2, 0.25) is 11.6 Å². The molecule has 3 rings (SSSR count). The molecular formula is C20H27FN7O9P. The van der Waals surface area contributed by atoms with E-state index < -0.39 is 69.0 Å². The first-order chi connectivity index (χ1) is 18.0. The molecule has 6 N–H and O–H groups in total. The third kappa shape index (κ3) is 6.18. The maximum Gasteiger partial charge on any atom is 0.341 e. The van der Waals surface area contributed by atoms with Crippen LogP contribution in [-0.4, -0.2) is 87.4 Å². The Morgan fingerprint density at radius 3 is 2.50 bits per heavy atom. The van der Waals surface area contributed by atoms with Crippen LogP contribution in [0.4, 0.5) is 10.3 Å². The fraction of sp³-hybridized carbons (Fsp3) is 0.550. The molecule has 1 fully saturated rings. The number of nitrogen functional groups attached to an aromatic ring is 1. The van der Waals surface area contributed by atoms with Gasteiger partial charge in [-0.25, -0.2) is 19.5 Å². The molecule has 4 atom stereocenters. The number of aliphatic hydroxyl groups excluding tert-OH is 1. The molecule has 18 heteroatoms. The second-order valence-corrected chi connectivity index (χ2v) is 9.78. The van der Waals surface area contributed by atoms with Crippen LogP contribution in [-0.2, 0) is 32.9 Å². The number of hydrogen-bond donors (Lipinski definition) is 5. The first-order valence-electron chi connectivity index (χ1n) is 11.3. The second kappa shape index (κ2) is 12.0. The van der Waals surface area contributed by atoms with Gasteiger partial charge in [0.05, 0.1) is 26.1 Å². The van der Waals surface area contributed by atoms with Gasteiger partial charge in [-0.2, -0.15) is 4.98 Å². The van der Waals surface area contributed by atoms with Crippen LogP contribution in [0.15, 0.2) is 11.1 Å². The van der Waals surface area contributed by atoms with E-state index in [9.17, 15) is 24.1 Å². The summed E-state index contributed by atoms with van der Waals surface area (Å²) in [7, 11) is -4.20. The zero-order chi connectivity index (χ0) is 28.1. The maximum absolute atomic E-state index is 15.9. The molecule has 2 aromatic heterocycles. The number of nitrogens with two attached hydrogens (primary N) is 1. The standard InChI is InChI=1S/C20H27FN7O9P/c1-4-20(21)15(31)11(37-18(20)28-10-23-14-16(28)26-19(22)27-17(14)32)9-36-38(33,24-7-12(29)34-5-2)25-8-13(30)35-6-3/h1,10-11,15,18,31H,5-9H2,2-3H3,(H2,24,25,33)(H3,22,26,27,32)/t11-,15+,18?,20?/m1/s1. The predicted molar refractivity (Wildman–Crippen MR) is 128 cm³/mol. The number of ether oxygens (including phenoxy) is 3. The Morgan fingerprint density at radius 2 is 1.95 bits per heavy atom. The van der Waals surface area contributed by atoms with E-state index in [1.165, 1.54) is 0 Å². The summed E-state index contributed by atoms with van der Waals surface area (Å²) < 4.78 is 50.6. The maximum atomic E-state index is 15.9. The number of aliphatic hydroxyl groups is 1. The zero-order valence-electron chi connectivity index (χ0n) is 20.4. The lowest BCUT2D eigenvalue weighted by Gasteiger charge is -2.24. The topological polar surface area (TPSA) is 222 Å². The third-order valence-corrected chi connectivity index (χ3v) is 6.93. The van der Waals surface area contributed by atoms with Crippen molar-refractivity contribution in [3.8, 4) is 12.3 Å². The quantitative estimate of drug-likeness (QED) is 0.116. The van der Waals surface area contributed by atoms with Crippen molar-refractivity contribution in [1.29, 1.82) is 0 Å². The number of halogens is 1. The lowest BCUT2D eigenvalue weighted by Crippen LogP contribution is -2.42. The van der Waals surface area contributed by atoms with Crippen molar-refractivity contribution in [1.82, 2.24) is 29.7 Å². The van der Waals surface area contributed by atoms with E-state index in [0.29, 0.717) is 0 Å². The summed E-state index contributed by atoms with van der Waals surface area (Å²) >= 11 is 0. The Bertz CT molecular complexity index is 1300. The van der Waals surface area contributed by atoms with Gasteiger partial charge in [-0.3, -0.25) is 28.5 Å². The number of esters is 2. The van der Waals surface area contributed by atoms with Crippen molar-refractivity contribution in [2.45, 2.75) is 38.0 Å². The van der Waals surface area contributed by atoms with Gasteiger partial charge >= 0.3 is 19.6 Å². The lowest BCUT2D eigenvalue weighted by molar-refractivity contribution is -0.142. The highest BCUT2D eigenvalue weighted by atomic mass is 31.2. The van der Waals surface area contributed by atoms with Gasteiger partial charge in [-0.15, -0.1) is 6.42 Å². The van der Waals surface area contributed by atoms with Gasteiger partial charge in [-0.05, 0) is 13.8 Å². The van der Waals surface area contributed by atoms with E-state index in [1.54, 1.807) is 13.8 Å². The number of carbonyl (C=O) groups is 2. The van der Waals surface area contributed by atoms with Crippen LogP contribution in [0.3, 0.4) is 0 Å². The molecule has 2 unspecified atom stereocenters. The second-order valence-electron chi connectivity index (χ2n) is 7.79. The van der Waals surface area contributed by atoms with Gasteiger partial charge in [0.25, 0.3) is 5.56 Å². The van der Waals surface area contributed by atoms with Gasteiger partial charge in [0.1, 0.15) is 25.3 Å². The van der Waals surface area contributed by atoms with Crippen molar-refractivity contribution in [2.75, 3.05) is 38.6 Å². The fourth-order valence-electron chi connectivity index (χ4n) is 3.51. The monoisotopic (exact) mass is 559 g/mol. The molecule has 0 bridgehead atoms. The Labute approximate surface area is 214 Å². The van der Waals surface area contributed by atoms with E-state index in [0.717, 1.165) is 10.9 Å². The molecule has 2 aromatic rings. The van der Waals surface area contributed by atoms with E-state index in [1.807, 2.05) is 5.92 Å².